The van der Waals surface area contributed by atoms with E-state index in [1.807, 2.05) is 78.9 Å². The Morgan fingerprint density at radius 3 is 1.68 bits per heavy atom. The number of fused-ring (bicyclic) bond motifs is 9. The molecule has 0 aliphatic rings. The van der Waals surface area contributed by atoms with Crippen molar-refractivity contribution in [3.63, 3.8) is 0 Å². The highest BCUT2D eigenvalue weighted by atomic mass is 16.3. The van der Waals surface area contributed by atoms with Gasteiger partial charge in [-0.25, -0.2) is 0 Å². The fourth-order valence-electron chi connectivity index (χ4n) is 6.11. The first kappa shape index (κ1) is 14.3. The van der Waals surface area contributed by atoms with E-state index in [0.717, 1.165) is 32.7 Å². The predicted molar refractivity (Wildman–Crippen MR) is 175 cm³/mol. The normalized spacial score (nSPS) is 15.7. The van der Waals surface area contributed by atoms with Crippen molar-refractivity contribution < 1.29 is 19.5 Å². The van der Waals surface area contributed by atoms with E-state index >= 15 is 0 Å². The number of benzene rings is 8. The van der Waals surface area contributed by atoms with Crippen LogP contribution >= 0.6 is 0 Å². The van der Waals surface area contributed by atoms with E-state index in [1.54, 1.807) is 0 Å². The third kappa shape index (κ3) is 3.18. The maximum atomic E-state index is 9.85. The van der Waals surface area contributed by atoms with Crippen molar-refractivity contribution in [2.75, 3.05) is 0 Å². The van der Waals surface area contributed by atoms with Gasteiger partial charge in [-0.1, -0.05) is 133 Å². The van der Waals surface area contributed by atoms with Gasteiger partial charge in [-0.05, 0) is 66.7 Å². The van der Waals surface area contributed by atoms with Crippen molar-refractivity contribution in [1.29, 1.82) is 0 Å². The van der Waals surface area contributed by atoms with Gasteiger partial charge in [-0.2, -0.15) is 0 Å². The van der Waals surface area contributed by atoms with Crippen LogP contribution in [0.25, 0.3) is 87.3 Å². The molecule has 0 saturated carbocycles. The van der Waals surface area contributed by atoms with Gasteiger partial charge in [0.15, 0.2) is 0 Å². The molecule has 9 aromatic rings. The van der Waals surface area contributed by atoms with Gasteiger partial charge in [0.05, 0.1) is 15.1 Å². The topological polar surface area (TPSA) is 13.1 Å². The van der Waals surface area contributed by atoms with Crippen molar-refractivity contribution in [2.24, 2.45) is 0 Å². The van der Waals surface area contributed by atoms with Crippen LogP contribution in [0.15, 0.2) is 150 Å². The van der Waals surface area contributed by atoms with Gasteiger partial charge in [0.1, 0.15) is 11.2 Å². The third-order valence-corrected chi connectivity index (χ3v) is 7.79. The molecule has 41 heavy (non-hydrogen) atoms. The largest absolute Gasteiger partial charge is 0.455 e. The van der Waals surface area contributed by atoms with Crippen LogP contribution < -0.4 is 0 Å². The Morgan fingerprint density at radius 1 is 0.439 bits per heavy atom. The van der Waals surface area contributed by atoms with Crippen molar-refractivity contribution in [1.82, 2.24) is 0 Å². The fraction of sp³-hybridized carbons (Fsp3) is 0. The molecule has 1 heteroatoms. The highest BCUT2D eigenvalue weighted by Crippen LogP contribution is 2.49. The Morgan fingerprint density at radius 2 is 1.00 bits per heavy atom. The first-order valence-electron chi connectivity index (χ1n) is 18.7. The molecule has 0 spiro atoms. The SMILES string of the molecule is [2H]c1c([2H])c([2H])c2c(c1[2H])c([2H])c([2H])c1c2oc2c3c([2H])c([2H])c([2H])c([2H])c3c([2H])c(-c3c4ccccc4c(-c4ccccc4)c4ccccc34)c21. The second-order valence-electron chi connectivity index (χ2n) is 9.97. The lowest BCUT2D eigenvalue weighted by atomic mass is 9.84. The number of rotatable bonds is 2. The predicted octanol–water partition coefficient (Wildman–Crippen LogP) is 11.5. The minimum absolute atomic E-state index is 0.00985. The molecule has 0 atom stereocenters. The number of hydrogen-bond donors (Lipinski definition) is 0. The molecule has 0 aliphatic heterocycles. The quantitative estimate of drug-likeness (QED) is 0.202. The highest BCUT2D eigenvalue weighted by Gasteiger charge is 2.22. The molecule has 0 N–H and O–H groups in total. The molecule has 0 aliphatic carbocycles. The molecule has 8 aromatic carbocycles. The van der Waals surface area contributed by atoms with Crippen LogP contribution in [-0.2, 0) is 0 Å². The molecule has 1 heterocycles. The third-order valence-electron chi connectivity index (χ3n) is 7.79. The molecule has 0 radical (unpaired) electrons. The van der Waals surface area contributed by atoms with Crippen molar-refractivity contribution in [2.45, 2.75) is 0 Å². The van der Waals surface area contributed by atoms with Crippen LogP contribution in [0.5, 0.6) is 0 Å². The van der Waals surface area contributed by atoms with Crippen LogP contribution in [0.1, 0.15) is 15.1 Å². The van der Waals surface area contributed by atoms with Crippen molar-refractivity contribution in [3.05, 3.63) is 145 Å². The standard InChI is InChI=1S/C40H24O/c1-2-13-26(14-3-1)36-30-18-8-10-20-32(30)37(33-21-11-9-19-31(33)36)35-24-27-15-5-7-17-29(27)40-38(35)34-23-22-25-12-4-6-16-28(25)39(34)41-40/h1-24H/i4D,5D,6D,7D,12D,15D,16D,17D,22D,23D,24D. The fourth-order valence-corrected chi connectivity index (χ4v) is 6.11. The summed E-state index contributed by atoms with van der Waals surface area (Å²) in [7, 11) is 0. The molecule has 0 fully saturated rings. The van der Waals surface area contributed by atoms with E-state index in [4.69, 9.17) is 16.8 Å². The number of hydrogen-bond acceptors (Lipinski definition) is 1. The van der Waals surface area contributed by atoms with Crippen LogP contribution in [0.3, 0.4) is 0 Å². The summed E-state index contributed by atoms with van der Waals surface area (Å²) in [6.45, 7) is 0. The molecule has 0 bridgehead atoms. The summed E-state index contributed by atoms with van der Waals surface area (Å²) in [5.74, 6) is 0. The van der Waals surface area contributed by atoms with E-state index in [9.17, 15) is 2.74 Å². The minimum atomic E-state index is -0.564. The van der Waals surface area contributed by atoms with Gasteiger partial charge in [0.2, 0.25) is 0 Å². The van der Waals surface area contributed by atoms with Gasteiger partial charge in [0.25, 0.3) is 0 Å². The molecule has 1 aromatic heterocycles. The maximum Gasteiger partial charge on any atom is 0.143 e. The summed E-state index contributed by atoms with van der Waals surface area (Å²) >= 11 is 0. The lowest BCUT2D eigenvalue weighted by molar-refractivity contribution is 0.676. The van der Waals surface area contributed by atoms with Crippen molar-refractivity contribution in [3.8, 4) is 22.3 Å². The summed E-state index contributed by atoms with van der Waals surface area (Å²) < 4.78 is 104. The average molecular weight is 532 g/mol. The van der Waals surface area contributed by atoms with E-state index < -0.39 is 60.4 Å². The Kier molecular flexibility index (Phi) is 2.98. The van der Waals surface area contributed by atoms with Crippen molar-refractivity contribution >= 4 is 65.0 Å². The molecular weight excluding hydrogens is 496 g/mol. The van der Waals surface area contributed by atoms with Crippen LogP contribution in [-0.4, -0.2) is 0 Å². The molecular formula is C40H24O. The van der Waals surface area contributed by atoms with E-state index in [-0.39, 0.29) is 55.1 Å². The Bertz CT molecular complexity index is 3020. The smallest absolute Gasteiger partial charge is 0.143 e. The summed E-state index contributed by atoms with van der Waals surface area (Å²) in [5.41, 5.74) is 2.48. The van der Waals surface area contributed by atoms with E-state index in [2.05, 4.69) is 0 Å². The second-order valence-corrected chi connectivity index (χ2v) is 9.97. The van der Waals surface area contributed by atoms with Crippen LogP contribution in [0.4, 0.5) is 0 Å². The highest BCUT2D eigenvalue weighted by molar-refractivity contribution is 6.30. The summed E-state index contributed by atoms with van der Waals surface area (Å²) in [6.07, 6.45) is 0. The van der Waals surface area contributed by atoms with Gasteiger partial charge >= 0.3 is 0 Å². The number of furan rings is 1. The van der Waals surface area contributed by atoms with Crippen LogP contribution in [0, 0.1) is 0 Å². The minimum Gasteiger partial charge on any atom is -0.455 e. The maximum absolute atomic E-state index is 9.85. The summed E-state index contributed by atoms with van der Waals surface area (Å²) in [6, 6.07) is 20.1. The van der Waals surface area contributed by atoms with Gasteiger partial charge in [-0.15, -0.1) is 0 Å². The molecule has 190 valence electrons. The zero-order valence-electron chi connectivity index (χ0n) is 32.4. The van der Waals surface area contributed by atoms with Gasteiger partial charge in [-0.3, -0.25) is 0 Å². The first-order chi connectivity index (χ1) is 25.0. The van der Waals surface area contributed by atoms with Gasteiger partial charge < -0.3 is 4.42 Å². The summed E-state index contributed by atoms with van der Waals surface area (Å²) in [4.78, 5) is 0. The first-order valence-corrected chi connectivity index (χ1v) is 13.2. The lowest BCUT2D eigenvalue weighted by Crippen LogP contribution is -1.91. The Balaban J connectivity index is 1.64. The second kappa shape index (κ2) is 8.55. The molecule has 0 unspecified atom stereocenters. The Hall–Kier alpha value is -5.40. The summed E-state index contributed by atoms with van der Waals surface area (Å²) in [5, 5.41) is 2.79. The molecule has 1 nitrogen and oxygen atoms in total. The van der Waals surface area contributed by atoms with Crippen LogP contribution in [0.2, 0.25) is 0 Å². The molecule has 0 saturated heterocycles. The zero-order chi connectivity index (χ0) is 36.5. The monoisotopic (exact) mass is 531 g/mol. The average Bonchev–Trinajstić information content (AvgIpc) is 3.55. The molecule has 9 rings (SSSR count). The van der Waals surface area contributed by atoms with E-state index in [0.29, 0.717) is 5.56 Å². The van der Waals surface area contributed by atoms with E-state index in [1.165, 1.54) is 0 Å². The zero-order valence-corrected chi connectivity index (χ0v) is 21.4. The molecule has 0 amide bonds. The lowest BCUT2D eigenvalue weighted by Gasteiger charge is -2.18. The Labute approximate surface area is 252 Å². The van der Waals surface area contributed by atoms with Gasteiger partial charge in [0, 0.05) is 21.5 Å².